The lowest BCUT2D eigenvalue weighted by Gasteiger charge is -2.01. The molecule has 0 atom stereocenters. The summed E-state index contributed by atoms with van der Waals surface area (Å²) < 4.78 is 1.87. The van der Waals surface area contributed by atoms with Gasteiger partial charge in [-0.3, -0.25) is 0 Å². The monoisotopic (exact) mass is 272 g/mol. The minimum atomic E-state index is -0.982. The normalized spacial score (nSPS) is 11.0. The van der Waals surface area contributed by atoms with Crippen molar-refractivity contribution >= 4 is 22.8 Å². The number of hydrogen-bond acceptors (Lipinski definition) is 3. The molecule has 3 rings (SSSR count). The first-order chi connectivity index (χ1) is 9.16. The molecule has 19 heavy (non-hydrogen) atoms. The van der Waals surface area contributed by atoms with Crippen LogP contribution in [-0.4, -0.2) is 20.5 Å². The van der Waals surface area contributed by atoms with Crippen LogP contribution in [0.15, 0.2) is 35.8 Å². The molecule has 0 unspecified atom stereocenters. The zero-order valence-corrected chi connectivity index (χ0v) is 11.1. The Kier molecular flexibility index (Phi) is 2.83. The number of thiophene rings is 1. The van der Waals surface area contributed by atoms with Crippen molar-refractivity contribution in [1.82, 2.24) is 9.38 Å². The van der Waals surface area contributed by atoms with E-state index in [1.165, 1.54) is 4.88 Å². The Labute approximate surface area is 114 Å². The Morgan fingerprint density at radius 3 is 2.95 bits per heavy atom. The fourth-order valence-electron chi connectivity index (χ4n) is 2.21. The van der Waals surface area contributed by atoms with Gasteiger partial charge in [-0.15, -0.1) is 11.3 Å². The molecular weight excluding hydrogens is 260 g/mol. The maximum absolute atomic E-state index is 11.3. The van der Waals surface area contributed by atoms with Gasteiger partial charge in [0.1, 0.15) is 5.82 Å². The van der Waals surface area contributed by atoms with Crippen LogP contribution >= 0.6 is 11.3 Å². The van der Waals surface area contributed by atoms with Crippen LogP contribution in [-0.2, 0) is 6.42 Å². The van der Waals surface area contributed by atoms with Crippen molar-refractivity contribution in [3.05, 3.63) is 57.8 Å². The van der Waals surface area contributed by atoms with E-state index in [1.54, 1.807) is 11.3 Å². The van der Waals surface area contributed by atoms with E-state index in [1.807, 2.05) is 47.2 Å². The Balaban J connectivity index is 2.20. The Morgan fingerprint density at radius 1 is 1.42 bits per heavy atom. The van der Waals surface area contributed by atoms with E-state index >= 15 is 0 Å². The highest BCUT2D eigenvalue weighted by Gasteiger charge is 2.18. The highest BCUT2D eigenvalue weighted by Crippen LogP contribution is 2.21. The summed E-state index contributed by atoms with van der Waals surface area (Å²) in [7, 11) is 0. The minimum Gasteiger partial charge on any atom is -0.476 e. The van der Waals surface area contributed by atoms with E-state index < -0.39 is 5.97 Å². The zero-order valence-electron chi connectivity index (χ0n) is 10.3. The van der Waals surface area contributed by atoms with Gasteiger partial charge in [0, 0.05) is 17.5 Å². The molecule has 0 spiro atoms. The third kappa shape index (κ3) is 2.02. The summed E-state index contributed by atoms with van der Waals surface area (Å²) in [6.45, 7) is 1.90. The van der Waals surface area contributed by atoms with Crippen LogP contribution in [0.5, 0.6) is 0 Å². The lowest BCUT2D eigenvalue weighted by atomic mass is 10.2. The average molecular weight is 272 g/mol. The fourth-order valence-corrected chi connectivity index (χ4v) is 2.91. The SMILES string of the molecule is Cc1cccn2c(Cc3cccs3)nc(C(=O)O)c12. The van der Waals surface area contributed by atoms with E-state index in [9.17, 15) is 9.90 Å². The number of aryl methyl sites for hydroxylation is 1. The maximum Gasteiger partial charge on any atom is 0.356 e. The molecule has 5 heteroatoms. The van der Waals surface area contributed by atoms with Crippen LogP contribution in [0.2, 0.25) is 0 Å². The minimum absolute atomic E-state index is 0.129. The molecule has 0 aliphatic heterocycles. The predicted molar refractivity (Wildman–Crippen MR) is 74.0 cm³/mol. The molecule has 0 fully saturated rings. The van der Waals surface area contributed by atoms with Crippen LogP contribution in [0.1, 0.15) is 26.8 Å². The van der Waals surface area contributed by atoms with E-state index in [-0.39, 0.29) is 5.69 Å². The summed E-state index contributed by atoms with van der Waals surface area (Å²) in [4.78, 5) is 16.8. The van der Waals surface area contributed by atoms with Gasteiger partial charge >= 0.3 is 5.97 Å². The largest absolute Gasteiger partial charge is 0.476 e. The number of aromatic carboxylic acids is 1. The van der Waals surface area contributed by atoms with Crippen LogP contribution in [0.4, 0.5) is 0 Å². The number of nitrogens with zero attached hydrogens (tertiary/aromatic N) is 2. The van der Waals surface area contributed by atoms with Gasteiger partial charge in [0.25, 0.3) is 0 Å². The van der Waals surface area contributed by atoms with E-state index in [2.05, 4.69) is 4.98 Å². The highest BCUT2D eigenvalue weighted by atomic mass is 32.1. The van der Waals surface area contributed by atoms with Crippen molar-refractivity contribution in [2.24, 2.45) is 0 Å². The van der Waals surface area contributed by atoms with Gasteiger partial charge in [-0.05, 0) is 30.0 Å². The molecular formula is C14H12N2O2S. The molecule has 0 aliphatic rings. The number of fused-ring (bicyclic) bond motifs is 1. The van der Waals surface area contributed by atoms with Crippen molar-refractivity contribution in [1.29, 1.82) is 0 Å². The molecule has 0 saturated carbocycles. The summed E-state index contributed by atoms with van der Waals surface area (Å²) in [5.41, 5.74) is 1.73. The van der Waals surface area contributed by atoms with Crippen LogP contribution in [0.3, 0.4) is 0 Å². The fraction of sp³-hybridized carbons (Fsp3) is 0.143. The number of hydrogen-bond donors (Lipinski definition) is 1. The molecule has 3 heterocycles. The standard InChI is InChI=1S/C14H12N2O2S/c1-9-4-2-6-16-11(8-10-5-3-7-19-10)15-12(13(9)16)14(17)18/h2-7H,8H2,1H3,(H,17,18). The second kappa shape index (κ2) is 4.51. The van der Waals surface area contributed by atoms with E-state index in [4.69, 9.17) is 0 Å². The molecule has 4 nitrogen and oxygen atoms in total. The molecule has 0 amide bonds. The average Bonchev–Trinajstić information content (AvgIpc) is 2.99. The van der Waals surface area contributed by atoms with Gasteiger partial charge in [-0.2, -0.15) is 0 Å². The number of carbonyl (C=O) groups is 1. The number of imidazole rings is 1. The lowest BCUT2D eigenvalue weighted by molar-refractivity contribution is 0.0693. The van der Waals surface area contributed by atoms with Crippen molar-refractivity contribution in [3.63, 3.8) is 0 Å². The van der Waals surface area contributed by atoms with Gasteiger partial charge in [0.05, 0.1) is 5.52 Å². The quantitative estimate of drug-likeness (QED) is 0.797. The third-order valence-corrected chi connectivity index (χ3v) is 3.93. The van der Waals surface area contributed by atoms with Crippen LogP contribution < -0.4 is 0 Å². The number of pyridine rings is 1. The molecule has 3 aromatic rings. The number of carboxylic acid groups (broad SMARTS) is 1. The molecule has 3 aromatic heterocycles. The predicted octanol–water partition coefficient (Wildman–Crippen LogP) is 2.99. The molecule has 0 bridgehead atoms. The van der Waals surface area contributed by atoms with Crippen molar-refractivity contribution in [3.8, 4) is 0 Å². The van der Waals surface area contributed by atoms with E-state index in [0.717, 1.165) is 11.4 Å². The van der Waals surface area contributed by atoms with Crippen LogP contribution in [0, 0.1) is 6.92 Å². The molecule has 0 aromatic carbocycles. The number of aromatic nitrogens is 2. The molecule has 1 N–H and O–H groups in total. The second-order valence-corrected chi connectivity index (χ2v) is 5.38. The molecule has 96 valence electrons. The second-order valence-electron chi connectivity index (χ2n) is 4.35. The summed E-state index contributed by atoms with van der Waals surface area (Å²) in [5.74, 6) is -0.220. The summed E-state index contributed by atoms with van der Waals surface area (Å²) in [6.07, 6.45) is 2.51. The summed E-state index contributed by atoms with van der Waals surface area (Å²) in [6, 6.07) is 7.83. The third-order valence-electron chi connectivity index (χ3n) is 3.05. The Morgan fingerprint density at radius 2 is 2.26 bits per heavy atom. The van der Waals surface area contributed by atoms with Gasteiger partial charge in [-0.25, -0.2) is 9.78 Å². The van der Waals surface area contributed by atoms with E-state index in [0.29, 0.717) is 11.9 Å². The van der Waals surface area contributed by atoms with Crippen LogP contribution in [0.25, 0.3) is 5.52 Å². The number of rotatable bonds is 3. The summed E-state index contributed by atoms with van der Waals surface area (Å²) >= 11 is 1.65. The molecule has 0 radical (unpaired) electrons. The highest BCUT2D eigenvalue weighted by molar-refractivity contribution is 7.09. The summed E-state index contributed by atoms with van der Waals surface area (Å²) in [5, 5.41) is 11.3. The lowest BCUT2D eigenvalue weighted by Crippen LogP contribution is -1.98. The van der Waals surface area contributed by atoms with Gasteiger partial charge < -0.3 is 9.51 Å². The Bertz CT molecular complexity index is 744. The first kappa shape index (κ1) is 11.9. The smallest absolute Gasteiger partial charge is 0.356 e. The first-order valence-corrected chi connectivity index (χ1v) is 6.77. The van der Waals surface area contributed by atoms with Crippen molar-refractivity contribution < 1.29 is 9.90 Å². The van der Waals surface area contributed by atoms with Gasteiger partial charge in [0.15, 0.2) is 5.69 Å². The number of carboxylic acids is 1. The van der Waals surface area contributed by atoms with Crippen molar-refractivity contribution in [2.75, 3.05) is 0 Å². The zero-order chi connectivity index (χ0) is 13.4. The topological polar surface area (TPSA) is 54.6 Å². The Hall–Kier alpha value is -2.14. The molecule has 0 aliphatic carbocycles. The van der Waals surface area contributed by atoms with Gasteiger partial charge in [0.2, 0.25) is 0 Å². The molecule has 0 saturated heterocycles. The van der Waals surface area contributed by atoms with Gasteiger partial charge in [-0.1, -0.05) is 12.1 Å². The van der Waals surface area contributed by atoms with Crippen molar-refractivity contribution in [2.45, 2.75) is 13.3 Å². The maximum atomic E-state index is 11.3. The first-order valence-electron chi connectivity index (χ1n) is 5.89.